The Morgan fingerprint density at radius 3 is 2.80 bits per heavy atom. The van der Waals surface area contributed by atoms with Gasteiger partial charge in [0.2, 0.25) is 5.91 Å². The van der Waals surface area contributed by atoms with Crippen molar-refractivity contribution < 1.29 is 9.53 Å². The number of carbonyl (C=O) groups excluding carboxylic acids is 1. The molecule has 15 heavy (non-hydrogen) atoms. The van der Waals surface area contributed by atoms with E-state index >= 15 is 0 Å². The minimum absolute atomic E-state index is 0.0478. The fourth-order valence-corrected chi connectivity index (χ4v) is 1.79. The van der Waals surface area contributed by atoms with Crippen LogP contribution in [-0.4, -0.2) is 37.2 Å². The lowest BCUT2D eigenvalue weighted by Crippen LogP contribution is -2.43. The summed E-state index contributed by atoms with van der Waals surface area (Å²) in [6.07, 6.45) is 2.20. The monoisotopic (exact) mass is 214 g/mol. The van der Waals surface area contributed by atoms with E-state index < -0.39 is 0 Å². The van der Waals surface area contributed by atoms with Gasteiger partial charge in [0, 0.05) is 19.2 Å². The van der Waals surface area contributed by atoms with Crippen LogP contribution < -0.4 is 10.6 Å². The second kappa shape index (κ2) is 5.47. The molecule has 0 spiro atoms. The molecule has 2 N–H and O–H groups in total. The summed E-state index contributed by atoms with van der Waals surface area (Å²) in [7, 11) is 0. The molecule has 1 saturated heterocycles. The predicted octanol–water partition coefficient (Wildman–Crippen LogP) is 0.670. The summed E-state index contributed by atoms with van der Waals surface area (Å²) in [5.74, 6) is 0.0478. The van der Waals surface area contributed by atoms with Crippen LogP contribution in [-0.2, 0) is 9.53 Å². The van der Waals surface area contributed by atoms with Crippen molar-refractivity contribution in [1.82, 2.24) is 10.6 Å². The molecule has 1 fully saturated rings. The molecule has 1 rings (SSSR count). The maximum atomic E-state index is 11.3. The van der Waals surface area contributed by atoms with E-state index in [1.54, 1.807) is 0 Å². The molecule has 1 aliphatic heterocycles. The normalized spacial score (nSPS) is 25.9. The fourth-order valence-electron chi connectivity index (χ4n) is 1.79. The third kappa shape index (κ3) is 4.62. The van der Waals surface area contributed by atoms with E-state index in [1.807, 2.05) is 13.8 Å². The third-order valence-electron chi connectivity index (χ3n) is 2.53. The van der Waals surface area contributed by atoms with Gasteiger partial charge >= 0.3 is 0 Å². The average molecular weight is 214 g/mol. The molecule has 1 aliphatic rings. The lowest BCUT2D eigenvalue weighted by molar-refractivity contribution is -0.120. The molecule has 0 aromatic rings. The largest absolute Gasteiger partial charge is 0.374 e. The Bertz CT molecular complexity index is 211. The molecule has 4 heteroatoms. The van der Waals surface area contributed by atoms with E-state index in [0.717, 1.165) is 26.0 Å². The maximum Gasteiger partial charge on any atom is 0.234 e. The summed E-state index contributed by atoms with van der Waals surface area (Å²) in [6, 6.07) is 0.206. The molecule has 1 unspecified atom stereocenters. The fraction of sp³-hybridized carbons (Fsp3) is 0.909. The highest BCUT2D eigenvalue weighted by Gasteiger charge is 2.29. The van der Waals surface area contributed by atoms with Crippen LogP contribution in [0.3, 0.4) is 0 Å². The average Bonchev–Trinajstić information content (AvgIpc) is 2.51. The number of ether oxygens (including phenoxy) is 1. The van der Waals surface area contributed by atoms with Crippen LogP contribution in [0.25, 0.3) is 0 Å². The molecule has 4 nitrogen and oxygen atoms in total. The highest BCUT2D eigenvalue weighted by Crippen LogP contribution is 2.23. The summed E-state index contributed by atoms with van der Waals surface area (Å²) in [4.78, 5) is 11.3. The van der Waals surface area contributed by atoms with Crippen LogP contribution in [0.5, 0.6) is 0 Å². The number of carbonyl (C=O) groups is 1. The standard InChI is InChI=1S/C11H22N2O2/c1-9(2)13-10(14)7-12-8-11(3)5-4-6-15-11/h9,12H,4-8H2,1-3H3,(H,13,14). The zero-order valence-corrected chi connectivity index (χ0v) is 9.93. The highest BCUT2D eigenvalue weighted by molar-refractivity contribution is 5.78. The SMILES string of the molecule is CC(C)NC(=O)CNCC1(C)CCCO1. The number of amides is 1. The molecule has 0 aliphatic carbocycles. The van der Waals surface area contributed by atoms with Crippen LogP contribution in [0.15, 0.2) is 0 Å². The molecule has 0 bridgehead atoms. The molecular weight excluding hydrogens is 192 g/mol. The van der Waals surface area contributed by atoms with E-state index in [-0.39, 0.29) is 17.6 Å². The molecule has 1 heterocycles. The van der Waals surface area contributed by atoms with Crippen molar-refractivity contribution in [3.05, 3.63) is 0 Å². The first-order valence-electron chi connectivity index (χ1n) is 5.66. The van der Waals surface area contributed by atoms with Gasteiger partial charge in [-0.2, -0.15) is 0 Å². The van der Waals surface area contributed by atoms with Crippen molar-refractivity contribution in [2.45, 2.75) is 45.3 Å². The Morgan fingerprint density at radius 1 is 1.53 bits per heavy atom. The van der Waals surface area contributed by atoms with Crippen molar-refractivity contribution in [2.24, 2.45) is 0 Å². The van der Waals surface area contributed by atoms with E-state index in [2.05, 4.69) is 17.6 Å². The molecule has 0 radical (unpaired) electrons. The topological polar surface area (TPSA) is 50.4 Å². The van der Waals surface area contributed by atoms with Gasteiger partial charge in [0.15, 0.2) is 0 Å². The molecule has 0 aromatic heterocycles. The van der Waals surface area contributed by atoms with Crippen molar-refractivity contribution in [3.63, 3.8) is 0 Å². The van der Waals surface area contributed by atoms with Crippen LogP contribution in [0, 0.1) is 0 Å². The van der Waals surface area contributed by atoms with Gasteiger partial charge in [0.1, 0.15) is 0 Å². The number of nitrogens with one attached hydrogen (secondary N) is 2. The summed E-state index contributed by atoms with van der Waals surface area (Å²) < 4.78 is 5.61. The predicted molar refractivity (Wildman–Crippen MR) is 59.7 cm³/mol. The zero-order valence-electron chi connectivity index (χ0n) is 9.93. The van der Waals surface area contributed by atoms with Gasteiger partial charge < -0.3 is 15.4 Å². The highest BCUT2D eigenvalue weighted by atomic mass is 16.5. The Balaban J connectivity index is 2.12. The van der Waals surface area contributed by atoms with Crippen LogP contribution >= 0.6 is 0 Å². The Morgan fingerprint density at radius 2 is 2.27 bits per heavy atom. The second-order valence-electron chi connectivity index (χ2n) is 4.73. The summed E-state index contributed by atoms with van der Waals surface area (Å²) in [6.45, 7) is 7.97. The van der Waals surface area contributed by atoms with Crippen molar-refractivity contribution >= 4 is 5.91 Å². The van der Waals surface area contributed by atoms with Gasteiger partial charge in [-0.15, -0.1) is 0 Å². The molecule has 1 amide bonds. The quantitative estimate of drug-likeness (QED) is 0.707. The Kier molecular flexibility index (Phi) is 4.54. The third-order valence-corrected chi connectivity index (χ3v) is 2.53. The lowest BCUT2D eigenvalue weighted by atomic mass is 10.0. The van der Waals surface area contributed by atoms with Gasteiger partial charge in [0.05, 0.1) is 12.1 Å². The molecular formula is C11H22N2O2. The van der Waals surface area contributed by atoms with E-state index in [4.69, 9.17) is 4.74 Å². The van der Waals surface area contributed by atoms with Crippen LogP contribution in [0.1, 0.15) is 33.6 Å². The first-order valence-corrected chi connectivity index (χ1v) is 5.66. The van der Waals surface area contributed by atoms with E-state index in [1.165, 1.54) is 0 Å². The summed E-state index contributed by atoms with van der Waals surface area (Å²) >= 11 is 0. The van der Waals surface area contributed by atoms with Gasteiger partial charge in [-0.05, 0) is 33.6 Å². The Hall–Kier alpha value is -0.610. The minimum atomic E-state index is -0.0713. The summed E-state index contributed by atoms with van der Waals surface area (Å²) in [5.41, 5.74) is -0.0713. The van der Waals surface area contributed by atoms with Crippen molar-refractivity contribution in [2.75, 3.05) is 19.7 Å². The molecule has 0 aromatic carbocycles. The van der Waals surface area contributed by atoms with Crippen molar-refractivity contribution in [3.8, 4) is 0 Å². The smallest absolute Gasteiger partial charge is 0.234 e. The van der Waals surface area contributed by atoms with Crippen LogP contribution in [0.2, 0.25) is 0 Å². The van der Waals surface area contributed by atoms with Crippen molar-refractivity contribution in [1.29, 1.82) is 0 Å². The van der Waals surface area contributed by atoms with E-state index in [9.17, 15) is 4.79 Å². The number of rotatable bonds is 5. The molecule has 0 saturated carbocycles. The number of hydrogen-bond acceptors (Lipinski definition) is 3. The van der Waals surface area contributed by atoms with Gasteiger partial charge in [-0.1, -0.05) is 0 Å². The number of hydrogen-bond donors (Lipinski definition) is 2. The summed E-state index contributed by atoms with van der Waals surface area (Å²) in [5, 5.41) is 5.97. The van der Waals surface area contributed by atoms with Gasteiger partial charge in [-0.3, -0.25) is 4.79 Å². The van der Waals surface area contributed by atoms with Crippen LogP contribution in [0.4, 0.5) is 0 Å². The second-order valence-corrected chi connectivity index (χ2v) is 4.73. The zero-order chi connectivity index (χ0) is 11.3. The van der Waals surface area contributed by atoms with Gasteiger partial charge in [0.25, 0.3) is 0 Å². The first kappa shape index (κ1) is 12.5. The maximum absolute atomic E-state index is 11.3. The Labute approximate surface area is 91.8 Å². The van der Waals surface area contributed by atoms with Gasteiger partial charge in [-0.25, -0.2) is 0 Å². The lowest BCUT2D eigenvalue weighted by Gasteiger charge is -2.23. The van der Waals surface area contributed by atoms with E-state index in [0.29, 0.717) is 6.54 Å². The first-order chi connectivity index (χ1) is 7.02. The molecule has 88 valence electrons. The molecule has 1 atom stereocenters. The minimum Gasteiger partial charge on any atom is -0.374 e.